The van der Waals surface area contributed by atoms with Crippen LogP contribution in [0, 0.1) is 6.92 Å². The zero-order valence-electron chi connectivity index (χ0n) is 14.8. The van der Waals surface area contributed by atoms with Crippen LogP contribution in [0.1, 0.15) is 21.6 Å². The molecule has 0 atom stereocenters. The first-order chi connectivity index (χ1) is 13.5. The monoisotopic (exact) mass is 411 g/mol. The van der Waals surface area contributed by atoms with Crippen LogP contribution in [0.4, 0.5) is 0 Å². The molecule has 0 aliphatic carbocycles. The zero-order valence-corrected chi connectivity index (χ0v) is 16.3. The van der Waals surface area contributed by atoms with Crippen molar-refractivity contribution in [2.75, 3.05) is 0 Å². The molecule has 0 fully saturated rings. The number of benzene rings is 2. The Bertz CT molecular complexity index is 1230. The molecular weight excluding hydrogens is 398 g/mol. The average molecular weight is 412 g/mol. The number of thiazole rings is 1. The molecule has 0 saturated heterocycles. The van der Waals surface area contributed by atoms with Crippen molar-refractivity contribution < 1.29 is 13.9 Å². The predicted molar refractivity (Wildman–Crippen MR) is 109 cm³/mol. The van der Waals surface area contributed by atoms with Crippen LogP contribution < -0.4 is 5.63 Å². The highest BCUT2D eigenvalue weighted by Crippen LogP contribution is 2.26. The minimum atomic E-state index is -0.557. The highest BCUT2D eigenvalue weighted by molar-refractivity contribution is 7.13. The van der Waals surface area contributed by atoms with Gasteiger partial charge in [-0.25, -0.2) is 14.6 Å². The summed E-state index contributed by atoms with van der Waals surface area (Å²) in [5.41, 5.74) is 2.37. The van der Waals surface area contributed by atoms with E-state index >= 15 is 0 Å². The van der Waals surface area contributed by atoms with E-state index in [2.05, 4.69) is 4.98 Å². The maximum atomic E-state index is 12.4. The molecule has 0 aliphatic heterocycles. The van der Waals surface area contributed by atoms with Crippen LogP contribution >= 0.6 is 22.9 Å². The molecule has 5 nitrogen and oxygen atoms in total. The maximum Gasteiger partial charge on any atom is 0.358 e. The molecule has 28 heavy (non-hydrogen) atoms. The second-order valence-corrected chi connectivity index (χ2v) is 7.43. The van der Waals surface area contributed by atoms with Crippen LogP contribution in [0.25, 0.3) is 21.5 Å². The van der Waals surface area contributed by atoms with E-state index in [9.17, 15) is 9.59 Å². The SMILES string of the molecule is Cc1cc2oc(=O)cc(COC(=O)c3csc(-c4ccccc4)n3)c2cc1Cl. The van der Waals surface area contributed by atoms with Gasteiger partial charge in [0.05, 0.1) is 0 Å². The minimum absolute atomic E-state index is 0.0848. The lowest BCUT2D eigenvalue weighted by molar-refractivity contribution is 0.0468. The van der Waals surface area contributed by atoms with Gasteiger partial charge in [0.25, 0.3) is 0 Å². The standard InChI is InChI=1S/C21H14ClNO4S/c1-12-7-18-15(9-16(12)22)14(8-19(24)27-18)10-26-21(25)17-11-28-20(23-17)13-5-3-2-4-6-13/h2-9,11H,10H2,1H3. The fourth-order valence-corrected chi connectivity index (χ4v) is 3.72. The van der Waals surface area contributed by atoms with Crippen molar-refractivity contribution >= 4 is 39.9 Å². The Labute approximate surface area is 169 Å². The van der Waals surface area contributed by atoms with Crippen LogP contribution in [0.15, 0.2) is 63.1 Å². The summed E-state index contributed by atoms with van der Waals surface area (Å²) in [6.45, 7) is 1.74. The summed E-state index contributed by atoms with van der Waals surface area (Å²) in [4.78, 5) is 28.6. The number of esters is 1. The topological polar surface area (TPSA) is 69.4 Å². The van der Waals surface area contributed by atoms with Crippen molar-refractivity contribution in [1.82, 2.24) is 4.98 Å². The largest absolute Gasteiger partial charge is 0.456 e. The summed E-state index contributed by atoms with van der Waals surface area (Å²) in [6.07, 6.45) is 0. The fraction of sp³-hybridized carbons (Fsp3) is 0.0952. The number of fused-ring (bicyclic) bond motifs is 1. The van der Waals surface area contributed by atoms with Gasteiger partial charge >= 0.3 is 11.6 Å². The molecule has 2 aromatic carbocycles. The van der Waals surface area contributed by atoms with Gasteiger partial charge in [-0.1, -0.05) is 41.9 Å². The number of hydrogen-bond acceptors (Lipinski definition) is 6. The summed E-state index contributed by atoms with van der Waals surface area (Å²) < 4.78 is 10.6. The summed E-state index contributed by atoms with van der Waals surface area (Å²) in [6, 6.07) is 14.3. The van der Waals surface area contributed by atoms with Gasteiger partial charge in [-0.15, -0.1) is 11.3 Å². The van der Waals surface area contributed by atoms with Crippen LogP contribution in [0.2, 0.25) is 5.02 Å². The highest BCUT2D eigenvalue weighted by Gasteiger charge is 2.15. The number of hydrogen-bond donors (Lipinski definition) is 0. The number of carbonyl (C=O) groups is 1. The van der Waals surface area contributed by atoms with Gasteiger partial charge in [0, 0.05) is 33.0 Å². The molecule has 0 N–H and O–H groups in total. The normalized spacial score (nSPS) is 10.9. The Balaban J connectivity index is 1.56. The molecule has 0 aliphatic rings. The lowest BCUT2D eigenvalue weighted by Crippen LogP contribution is -2.08. The number of carbonyl (C=O) groups excluding carboxylic acids is 1. The average Bonchev–Trinajstić information content (AvgIpc) is 3.18. The molecule has 0 unspecified atom stereocenters. The van der Waals surface area contributed by atoms with E-state index in [4.69, 9.17) is 20.8 Å². The Hall–Kier alpha value is -2.96. The van der Waals surface area contributed by atoms with E-state index in [1.165, 1.54) is 17.4 Å². The van der Waals surface area contributed by atoms with Gasteiger partial charge in [-0.3, -0.25) is 0 Å². The second-order valence-electron chi connectivity index (χ2n) is 6.17. The Morgan fingerprint density at radius 1 is 1.21 bits per heavy atom. The quantitative estimate of drug-likeness (QED) is 0.339. The number of nitrogens with zero attached hydrogens (tertiary/aromatic N) is 1. The van der Waals surface area contributed by atoms with Crippen LogP contribution in [0.3, 0.4) is 0 Å². The molecule has 0 saturated carbocycles. The number of ether oxygens (including phenoxy) is 1. The summed E-state index contributed by atoms with van der Waals surface area (Å²) in [5.74, 6) is -0.557. The number of aromatic nitrogens is 1. The van der Waals surface area contributed by atoms with E-state index in [0.717, 1.165) is 16.1 Å². The summed E-state index contributed by atoms with van der Waals surface area (Å²) in [7, 11) is 0. The van der Waals surface area contributed by atoms with Crippen molar-refractivity contribution in [2.45, 2.75) is 13.5 Å². The summed E-state index contributed by atoms with van der Waals surface area (Å²) in [5, 5.41) is 3.57. The Kier molecular flexibility index (Phi) is 4.98. The molecular formula is C21H14ClNO4S. The third-order valence-corrected chi connectivity index (χ3v) is 5.50. The number of aryl methyl sites for hydroxylation is 1. The predicted octanol–water partition coefficient (Wildman–Crippen LogP) is 5.24. The third kappa shape index (κ3) is 3.69. The molecule has 7 heteroatoms. The van der Waals surface area contributed by atoms with E-state index in [1.54, 1.807) is 17.5 Å². The van der Waals surface area contributed by atoms with Crippen molar-refractivity contribution in [3.05, 3.63) is 86.2 Å². The molecule has 2 heterocycles. The van der Waals surface area contributed by atoms with Gasteiger partial charge in [-0.2, -0.15) is 0 Å². The molecule has 140 valence electrons. The Morgan fingerprint density at radius 2 is 2.00 bits per heavy atom. The molecule has 4 aromatic rings. The molecule has 0 radical (unpaired) electrons. The van der Waals surface area contributed by atoms with Crippen LogP contribution in [-0.4, -0.2) is 11.0 Å². The smallest absolute Gasteiger partial charge is 0.358 e. The Morgan fingerprint density at radius 3 is 2.79 bits per heavy atom. The van der Waals surface area contributed by atoms with Gasteiger partial charge < -0.3 is 9.15 Å². The number of rotatable bonds is 4. The molecule has 0 bridgehead atoms. The van der Waals surface area contributed by atoms with Crippen molar-refractivity contribution in [1.29, 1.82) is 0 Å². The van der Waals surface area contributed by atoms with Gasteiger partial charge in [0.15, 0.2) is 5.69 Å². The van der Waals surface area contributed by atoms with Gasteiger partial charge in [0.2, 0.25) is 0 Å². The van der Waals surface area contributed by atoms with Gasteiger partial charge in [-0.05, 0) is 24.6 Å². The first-order valence-corrected chi connectivity index (χ1v) is 9.68. The maximum absolute atomic E-state index is 12.4. The van der Waals surface area contributed by atoms with E-state index in [0.29, 0.717) is 21.6 Å². The third-order valence-electron chi connectivity index (χ3n) is 4.20. The molecule has 4 rings (SSSR count). The van der Waals surface area contributed by atoms with E-state index < -0.39 is 11.6 Å². The lowest BCUT2D eigenvalue weighted by Gasteiger charge is -2.08. The van der Waals surface area contributed by atoms with Crippen LogP contribution in [0.5, 0.6) is 0 Å². The first-order valence-electron chi connectivity index (χ1n) is 8.42. The zero-order chi connectivity index (χ0) is 19.7. The van der Waals surface area contributed by atoms with Crippen molar-refractivity contribution in [3.8, 4) is 10.6 Å². The molecule has 0 amide bonds. The lowest BCUT2D eigenvalue weighted by atomic mass is 10.1. The van der Waals surface area contributed by atoms with Crippen molar-refractivity contribution in [2.24, 2.45) is 0 Å². The highest BCUT2D eigenvalue weighted by atomic mass is 35.5. The van der Waals surface area contributed by atoms with E-state index in [1.807, 2.05) is 37.3 Å². The number of halogens is 1. The summed E-state index contributed by atoms with van der Waals surface area (Å²) >= 11 is 7.55. The van der Waals surface area contributed by atoms with E-state index in [-0.39, 0.29) is 12.3 Å². The van der Waals surface area contributed by atoms with Gasteiger partial charge in [0.1, 0.15) is 17.2 Å². The molecule has 0 spiro atoms. The molecule has 2 aromatic heterocycles. The van der Waals surface area contributed by atoms with Crippen molar-refractivity contribution in [3.63, 3.8) is 0 Å². The minimum Gasteiger partial charge on any atom is -0.456 e. The second kappa shape index (κ2) is 7.58. The fourth-order valence-electron chi connectivity index (χ4n) is 2.77. The first kappa shape index (κ1) is 18.4. The van der Waals surface area contributed by atoms with Crippen LogP contribution in [-0.2, 0) is 11.3 Å².